The molecule has 0 aliphatic carbocycles. The van der Waals surface area contributed by atoms with E-state index in [0.717, 1.165) is 19.1 Å². The number of hydrogen-bond acceptors (Lipinski definition) is 10. The number of methoxy groups -OCH3 is 4. The number of esters is 1. The largest absolute Gasteiger partial charge is 0.493 e. The summed E-state index contributed by atoms with van der Waals surface area (Å²) >= 11 is 0. The fourth-order valence-electron chi connectivity index (χ4n) is 2.96. The minimum Gasteiger partial charge on any atom is -0.493 e. The van der Waals surface area contributed by atoms with Gasteiger partial charge in [0, 0.05) is 6.92 Å². The number of benzene rings is 2. The van der Waals surface area contributed by atoms with Crippen LogP contribution in [0, 0.1) is 20.2 Å². The van der Waals surface area contributed by atoms with Crippen LogP contribution < -0.4 is 18.9 Å². The van der Waals surface area contributed by atoms with E-state index in [0.29, 0.717) is 0 Å². The topological polar surface area (TPSA) is 150 Å². The summed E-state index contributed by atoms with van der Waals surface area (Å²) in [6.45, 7) is 1.08. The summed E-state index contributed by atoms with van der Waals surface area (Å²) in [5.74, 6) is -0.507. The Morgan fingerprint density at radius 3 is 1.32 bits per heavy atom. The first-order valence-corrected chi connectivity index (χ1v) is 8.66. The van der Waals surface area contributed by atoms with Crippen LogP contribution in [0.15, 0.2) is 24.3 Å². The molecule has 31 heavy (non-hydrogen) atoms. The fourth-order valence-corrected chi connectivity index (χ4v) is 2.96. The van der Waals surface area contributed by atoms with Crippen molar-refractivity contribution in [2.75, 3.05) is 28.4 Å². The van der Waals surface area contributed by atoms with Crippen LogP contribution >= 0.6 is 0 Å². The molecule has 0 heterocycles. The van der Waals surface area contributed by atoms with Crippen LogP contribution in [-0.2, 0) is 9.53 Å². The van der Waals surface area contributed by atoms with Crippen molar-refractivity contribution < 1.29 is 38.3 Å². The molecular formula is C19H20N2O10. The molecule has 0 atom stereocenters. The van der Waals surface area contributed by atoms with Gasteiger partial charge < -0.3 is 23.7 Å². The molecule has 0 bridgehead atoms. The third-order valence-corrected chi connectivity index (χ3v) is 4.31. The average Bonchev–Trinajstić information content (AvgIpc) is 2.75. The lowest BCUT2D eigenvalue weighted by Crippen LogP contribution is -2.14. The number of rotatable bonds is 9. The molecule has 0 fully saturated rings. The van der Waals surface area contributed by atoms with E-state index in [9.17, 15) is 25.0 Å². The van der Waals surface area contributed by atoms with Gasteiger partial charge in [0.2, 0.25) is 0 Å². The molecule has 0 amide bonds. The van der Waals surface area contributed by atoms with Crippen molar-refractivity contribution >= 4 is 17.3 Å². The van der Waals surface area contributed by atoms with Crippen molar-refractivity contribution in [2.24, 2.45) is 0 Å². The SMILES string of the molecule is COc1cc(C(OC(C)=O)c2cc(OC)c(OC)cc2[N+](=O)[O-])c([N+](=O)[O-])cc1OC. The number of carbonyl (C=O) groups is 1. The van der Waals surface area contributed by atoms with Gasteiger partial charge in [-0.3, -0.25) is 25.0 Å². The molecule has 166 valence electrons. The summed E-state index contributed by atoms with van der Waals surface area (Å²) in [7, 11) is 5.22. The van der Waals surface area contributed by atoms with Crippen molar-refractivity contribution in [3.63, 3.8) is 0 Å². The average molecular weight is 436 g/mol. The van der Waals surface area contributed by atoms with Crippen molar-refractivity contribution in [3.05, 3.63) is 55.6 Å². The van der Waals surface area contributed by atoms with E-state index in [1.54, 1.807) is 0 Å². The van der Waals surface area contributed by atoms with E-state index in [2.05, 4.69) is 0 Å². The van der Waals surface area contributed by atoms with E-state index < -0.39 is 33.3 Å². The maximum Gasteiger partial charge on any atom is 0.303 e. The molecule has 0 aliphatic rings. The molecule has 0 saturated carbocycles. The second kappa shape index (κ2) is 9.61. The maximum atomic E-state index is 11.8. The summed E-state index contributed by atoms with van der Waals surface area (Å²) in [4.78, 5) is 33.9. The second-order valence-corrected chi connectivity index (χ2v) is 6.04. The summed E-state index contributed by atoms with van der Waals surface area (Å²) in [6.07, 6.45) is -1.53. The minimum absolute atomic E-state index is 0.0568. The van der Waals surface area contributed by atoms with E-state index in [4.69, 9.17) is 23.7 Å². The van der Waals surface area contributed by atoms with Gasteiger partial charge in [0.25, 0.3) is 11.4 Å². The molecular weight excluding hydrogens is 416 g/mol. The van der Waals surface area contributed by atoms with Gasteiger partial charge in [-0.05, 0) is 12.1 Å². The Balaban J connectivity index is 2.91. The van der Waals surface area contributed by atoms with Gasteiger partial charge in [-0.25, -0.2) is 0 Å². The standard InChI is InChI=1S/C19H20N2O10/c1-10(22)31-19(11-6-15(27-2)17(29-4)8-13(11)20(23)24)12-7-16(28-3)18(30-5)9-14(12)21(25)26/h6-9,19H,1-5H3. The van der Waals surface area contributed by atoms with Crippen molar-refractivity contribution in [2.45, 2.75) is 13.0 Å². The molecule has 2 rings (SSSR count). The van der Waals surface area contributed by atoms with Crippen molar-refractivity contribution in [1.82, 2.24) is 0 Å². The van der Waals surface area contributed by atoms with Gasteiger partial charge >= 0.3 is 5.97 Å². The fraction of sp³-hybridized carbons (Fsp3) is 0.316. The Hall–Kier alpha value is -4.09. The molecule has 2 aromatic rings. The van der Waals surface area contributed by atoms with Crippen LogP contribution in [0.2, 0.25) is 0 Å². The number of hydrogen-bond donors (Lipinski definition) is 0. The van der Waals surface area contributed by atoms with E-state index in [1.165, 1.54) is 40.6 Å². The van der Waals surface area contributed by atoms with Crippen LogP contribution in [0.5, 0.6) is 23.0 Å². The molecule has 12 nitrogen and oxygen atoms in total. The molecule has 0 aliphatic heterocycles. The predicted molar refractivity (Wildman–Crippen MR) is 106 cm³/mol. The highest BCUT2D eigenvalue weighted by Crippen LogP contribution is 2.45. The van der Waals surface area contributed by atoms with Crippen LogP contribution in [0.25, 0.3) is 0 Å². The highest BCUT2D eigenvalue weighted by atomic mass is 16.6. The Morgan fingerprint density at radius 1 is 0.742 bits per heavy atom. The van der Waals surface area contributed by atoms with Crippen molar-refractivity contribution in [3.8, 4) is 23.0 Å². The van der Waals surface area contributed by atoms with Gasteiger partial charge in [0.1, 0.15) is 0 Å². The molecule has 0 spiro atoms. The highest BCUT2D eigenvalue weighted by Gasteiger charge is 2.35. The molecule has 2 aromatic carbocycles. The van der Waals surface area contributed by atoms with E-state index in [-0.39, 0.29) is 34.1 Å². The van der Waals surface area contributed by atoms with Crippen LogP contribution in [0.3, 0.4) is 0 Å². The van der Waals surface area contributed by atoms with Gasteiger partial charge in [-0.1, -0.05) is 0 Å². The molecule has 0 unspecified atom stereocenters. The maximum absolute atomic E-state index is 11.8. The predicted octanol–water partition coefficient (Wildman–Crippen LogP) is 3.19. The van der Waals surface area contributed by atoms with Crippen molar-refractivity contribution in [1.29, 1.82) is 0 Å². The first-order chi connectivity index (χ1) is 14.7. The lowest BCUT2D eigenvalue weighted by Gasteiger charge is -2.20. The summed E-state index contributed by atoms with van der Waals surface area (Å²) in [5.41, 5.74) is -1.30. The molecule has 0 radical (unpaired) electrons. The van der Waals surface area contributed by atoms with Gasteiger partial charge in [0.05, 0.1) is 61.5 Å². The Kier molecular flexibility index (Phi) is 7.19. The Labute approximate surface area is 176 Å². The summed E-state index contributed by atoms with van der Waals surface area (Å²) < 4.78 is 25.9. The number of nitro benzene ring substituents is 2. The van der Waals surface area contributed by atoms with Crippen LogP contribution in [-0.4, -0.2) is 44.3 Å². The van der Waals surface area contributed by atoms with Crippen LogP contribution in [0.1, 0.15) is 24.2 Å². The lowest BCUT2D eigenvalue weighted by atomic mass is 9.96. The molecule has 0 saturated heterocycles. The zero-order valence-corrected chi connectivity index (χ0v) is 17.4. The Morgan fingerprint density at radius 2 is 1.06 bits per heavy atom. The van der Waals surface area contributed by atoms with Crippen LogP contribution in [0.4, 0.5) is 11.4 Å². The monoisotopic (exact) mass is 436 g/mol. The zero-order valence-electron chi connectivity index (χ0n) is 17.4. The second-order valence-electron chi connectivity index (χ2n) is 6.04. The molecule has 12 heteroatoms. The number of nitrogens with zero attached hydrogens (tertiary/aromatic N) is 2. The third kappa shape index (κ3) is 4.74. The van der Waals surface area contributed by atoms with Gasteiger partial charge in [-0.2, -0.15) is 0 Å². The lowest BCUT2D eigenvalue weighted by molar-refractivity contribution is -0.387. The molecule has 0 N–H and O–H groups in total. The minimum atomic E-state index is -1.53. The third-order valence-electron chi connectivity index (χ3n) is 4.31. The summed E-state index contributed by atoms with van der Waals surface area (Å²) in [5, 5.41) is 23.5. The first kappa shape index (κ1) is 23.2. The number of ether oxygens (including phenoxy) is 5. The van der Waals surface area contributed by atoms with E-state index >= 15 is 0 Å². The highest BCUT2D eigenvalue weighted by molar-refractivity contribution is 5.69. The summed E-state index contributed by atoms with van der Waals surface area (Å²) in [6, 6.07) is 4.62. The Bertz CT molecular complexity index is 948. The quantitative estimate of drug-likeness (QED) is 0.326. The number of carbonyl (C=O) groups excluding carboxylic acids is 1. The molecule has 0 aromatic heterocycles. The normalized spacial score (nSPS) is 10.4. The first-order valence-electron chi connectivity index (χ1n) is 8.66. The van der Waals surface area contributed by atoms with Gasteiger partial charge in [0.15, 0.2) is 29.1 Å². The van der Waals surface area contributed by atoms with Gasteiger partial charge in [-0.15, -0.1) is 0 Å². The zero-order chi connectivity index (χ0) is 23.3. The smallest absolute Gasteiger partial charge is 0.303 e. The number of nitro groups is 2. The van der Waals surface area contributed by atoms with E-state index in [1.807, 2.05) is 0 Å².